The summed E-state index contributed by atoms with van der Waals surface area (Å²) < 4.78 is 4.78. The van der Waals surface area contributed by atoms with Crippen molar-refractivity contribution in [2.45, 2.75) is 25.0 Å². The predicted molar refractivity (Wildman–Crippen MR) is 73.8 cm³/mol. The van der Waals surface area contributed by atoms with E-state index >= 15 is 0 Å². The van der Waals surface area contributed by atoms with E-state index in [9.17, 15) is 9.59 Å². The number of methoxy groups -OCH3 is 1. The quantitative estimate of drug-likeness (QED) is 0.739. The number of anilines is 1. The second kappa shape index (κ2) is 6.98. The van der Waals surface area contributed by atoms with Crippen LogP contribution in [0, 0.1) is 0 Å². The highest BCUT2D eigenvalue weighted by atomic mass is 16.5. The number of nitrogens with one attached hydrogen (secondary N) is 1. The second-order valence-corrected chi connectivity index (χ2v) is 4.71. The number of aliphatic carboxylic acids is 1. The summed E-state index contributed by atoms with van der Waals surface area (Å²) >= 11 is 0. The molecule has 1 aromatic heterocycles. The maximum Gasteiger partial charge on any atom is 0.334 e. The van der Waals surface area contributed by atoms with Gasteiger partial charge in [0, 0.05) is 26.0 Å². The van der Waals surface area contributed by atoms with Crippen molar-refractivity contribution in [2.24, 2.45) is 0 Å². The van der Waals surface area contributed by atoms with E-state index in [0.29, 0.717) is 18.9 Å². The van der Waals surface area contributed by atoms with Gasteiger partial charge in [0.2, 0.25) is 11.9 Å². The van der Waals surface area contributed by atoms with Crippen LogP contribution in [-0.4, -0.2) is 59.3 Å². The molecule has 2 rings (SSSR count). The summed E-state index contributed by atoms with van der Waals surface area (Å²) in [7, 11) is 1.30. The Morgan fingerprint density at radius 2 is 2.24 bits per heavy atom. The molecule has 8 nitrogen and oxygen atoms in total. The molecule has 1 aliphatic rings. The number of carbonyl (C=O) groups excluding carboxylic acids is 1. The molecule has 0 spiro atoms. The Balaban J connectivity index is 1.97. The zero-order valence-corrected chi connectivity index (χ0v) is 11.7. The van der Waals surface area contributed by atoms with E-state index < -0.39 is 12.1 Å². The van der Waals surface area contributed by atoms with Crippen LogP contribution < -0.4 is 10.2 Å². The second-order valence-electron chi connectivity index (χ2n) is 4.71. The smallest absolute Gasteiger partial charge is 0.334 e. The first-order valence-electron chi connectivity index (χ1n) is 6.70. The lowest BCUT2D eigenvalue weighted by atomic mass is 10.2. The van der Waals surface area contributed by atoms with Crippen molar-refractivity contribution in [3.63, 3.8) is 0 Å². The molecule has 1 saturated heterocycles. The molecular weight excluding hydrogens is 276 g/mol. The molecule has 1 aliphatic heterocycles. The highest BCUT2D eigenvalue weighted by molar-refractivity contribution is 5.85. The van der Waals surface area contributed by atoms with Gasteiger partial charge in [0.25, 0.3) is 0 Å². The maximum absolute atomic E-state index is 12.2. The number of carboxylic acid groups (broad SMARTS) is 1. The standard InChI is InChI=1S/C13H18N4O4/c1-21-10(12(19)20)8-16-11(18)9-4-2-7-17(9)13-14-5-3-6-15-13/h3,5-6,9-10H,2,4,7-8H2,1H3,(H,16,18)(H,19,20). The van der Waals surface area contributed by atoms with Crippen LogP contribution in [0.15, 0.2) is 18.5 Å². The summed E-state index contributed by atoms with van der Waals surface area (Å²) in [6, 6.07) is 1.34. The SMILES string of the molecule is COC(CNC(=O)C1CCCN1c1ncccn1)C(=O)O. The molecule has 114 valence electrons. The average molecular weight is 294 g/mol. The minimum Gasteiger partial charge on any atom is -0.479 e. The lowest BCUT2D eigenvalue weighted by Crippen LogP contribution is -2.47. The van der Waals surface area contributed by atoms with Gasteiger partial charge in [-0.1, -0.05) is 0 Å². The van der Waals surface area contributed by atoms with E-state index in [1.807, 2.05) is 4.90 Å². The minimum atomic E-state index is -1.10. The summed E-state index contributed by atoms with van der Waals surface area (Å²) in [4.78, 5) is 33.2. The van der Waals surface area contributed by atoms with Gasteiger partial charge in [0.15, 0.2) is 6.10 Å². The van der Waals surface area contributed by atoms with Gasteiger partial charge in [-0.3, -0.25) is 4.79 Å². The molecule has 1 amide bonds. The minimum absolute atomic E-state index is 0.0648. The third-order valence-corrected chi connectivity index (χ3v) is 3.39. The number of rotatable bonds is 6. The van der Waals surface area contributed by atoms with Crippen LogP contribution in [0.3, 0.4) is 0 Å². The molecule has 1 aromatic rings. The normalized spacial score (nSPS) is 19.3. The van der Waals surface area contributed by atoms with Crippen molar-refractivity contribution in [3.05, 3.63) is 18.5 Å². The lowest BCUT2D eigenvalue weighted by molar-refractivity contribution is -0.148. The fraction of sp³-hybridized carbons (Fsp3) is 0.538. The Kier molecular flexibility index (Phi) is 5.04. The van der Waals surface area contributed by atoms with Crippen molar-refractivity contribution >= 4 is 17.8 Å². The number of carboxylic acids is 1. The molecule has 1 fully saturated rings. The van der Waals surface area contributed by atoms with E-state index in [1.165, 1.54) is 7.11 Å². The highest BCUT2D eigenvalue weighted by Crippen LogP contribution is 2.21. The summed E-state index contributed by atoms with van der Waals surface area (Å²) in [5, 5.41) is 11.5. The van der Waals surface area contributed by atoms with Crippen molar-refractivity contribution < 1.29 is 19.4 Å². The molecule has 0 radical (unpaired) electrons. The van der Waals surface area contributed by atoms with Crippen LogP contribution in [-0.2, 0) is 14.3 Å². The third kappa shape index (κ3) is 3.66. The fourth-order valence-corrected chi connectivity index (χ4v) is 2.30. The van der Waals surface area contributed by atoms with E-state index in [4.69, 9.17) is 9.84 Å². The molecule has 2 unspecified atom stereocenters. The van der Waals surface area contributed by atoms with Crippen LogP contribution in [0.1, 0.15) is 12.8 Å². The Morgan fingerprint density at radius 3 is 2.86 bits per heavy atom. The van der Waals surface area contributed by atoms with E-state index in [2.05, 4.69) is 15.3 Å². The monoisotopic (exact) mass is 294 g/mol. The zero-order chi connectivity index (χ0) is 15.2. The molecule has 0 aliphatic carbocycles. The Morgan fingerprint density at radius 1 is 1.52 bits per heavy atom. The van der Waals surface area contributed by atoms with Crippen LogP contribution in [0.4, 0.5) is 5.95 Å². The van der Waals surface area contributed by atoms with Gasteiger partial charge in [0.1, 0.15) is 6.04 Å². The molecule has 2 N–H and O–H groups in total. The summed E-state index contributed by atoms with van der Waals surface area (Å²) in [5.41, 5.74) is 0. The molecular formula is C13H18N4O4. The van der Waals surface area contributed by atoms with Crippen molar-refractivity contribution in [1.82, 2.24) is 15.3 Å². The summed E-state index contributed by atoms with van der Waals surface area (Å²) in [6.45, 7) is 0.638. The Hall–Kier alpha value is -2.22. The van der Waals surface area contributed by atoms with Gasteiger partial charge in [-0.25, -0.2) is 14.8 Å². The van der Waals surface area contributed by atoms with Gasteiger partial charge in [0.05, 0.1) is 6.54 Å². The van der Waals surface area contributed by atoms with Crippen LogP contribution in [0.2, 0.25) is 0 Å². The molecule has 0 aromatic carbocycles. The number of aromatic nitrogens is 2. The first-order chi connectivity index (χ1) is 10.1. The Bertz CT molecular complexity index is 496. The van der Waals surface area contributed by atoms with E-state index in [0.717, 1.165) is 6.42 Å². The average Bonchev–Trinajstić information content (AvgIpc) is 2.97. The molecule has 0 bridgehead atoms. The van der Waals surface area contributed by atoms with Crippen LogP contribution in [0.5, 0.6) is 0 Å². The highest BCUT2D eigenvalue weighted by Gasteiger charge is 2.32. The molecule has 8 heteroatoms. The number of amides is 1. The van der Waals surface area contributed by atoms with Gasteiger partial charge in [-0.2, -0.15) is 0 Å². The number of carbonyl (C=O) groups is 2. The predicted octanol–water partition coefficient (Wildman–Crippen LogP) is -0.339. The molecule has 0 saturated carbocycles. The zero-order valence-electron chi connectivity index (χ0n) is 11.7. The summed E-state index contributed by atoms with van der Waals surface area (Å²) in [6.07, 6.45) is 3.76. The summed E-state index contributed by atoms with van der Waals surface area (Å²) in [5.74, 6) is -0.826. The first-order valence-corrected chi connectivity index (χ1v) is 6.70. The van der Waals surface area contributed by atoms with Crippen molar-refractivity contribution in [1.29, 1.82) is 0 Å². The topological polar surface area (TPSA) is 105 Å². The maximum atomic E-state index is 12.2. The van der Waals surface area contributed by atoms with E-state index in [1.54, 1.807) is 18.5 Å². The van der Waals surface area contributed by atoms with Gasteiger partial charge in [-0.15, -0.1) is 0 Å². The largest absolute Gasteiger partial charge is 0.479 e. The third-order valence-electron chi connectivity index (χ3n) is 3.39. The van der Waals surface area contributed by atoms with Crippen LogP contribution in [0.25, 0.3) is 0 Å². The number of nitrogens with zero attached hydrogens (tertiary/aromatic N) is 3. The number of hydrogen-bond acceptors (Lipinski definition) is 6. The van der Waals surface area contributed by atoms with Crippen molar-refractivity contribution in [3.8, 4) is 0 Å². The van der Waals surface area contributed by atoms with Gasteiger partial charge in [-0.05, 0) is 18.9 Å². The number of hydrogen-bond donors (Lipinski definition) is 2. The van der Waals surface area contributed by atoms with Crippen molar-refractivity contribution in [2.75, 3.05) is 25.1 Å². The van der Waals surface area contributed by atoms with Gasteiger partial charge >= 0.3 is 5.97 Å². The fourth-order valence-electron chi connectivity index (χ4n) is 2.30. The first kappa shape index (κ1) is 15.2. The van der Waals surface area contributed by atoms with Crippen LogP contribution >= 0.6 is 0 Å². The molecule has 2 heterocycles. The Labute approximate surface area is 122 Å². The lowest BCUT2D eigenvalue weighted by Gasteiger charge is -2.24. The number of ether oxygens (including phenoxy) is 1. The molecule has 2 atom stereocenters. The van der Waals surface area contributed by atoms with Gasteiger partial charge < -0.3 is 20.1 Å². The molecule has 21 heavy (non-hydrogen) atoms. The van der Waals surface area contributed by atoms with E-state index in [-0.39, 0.29) is 18.5 Å².